The number of H-pyrrole nitrogens is 1. The van der Waals surface area contributed by atoms with E-state index in [2.05, 4.69) is 51.1 Å². The zero-order valence-corrected chi connectivity index (χ0v) is 21.7. The number of phenolic OH excluding ortho intramolecular Hbond substituents is 1. The van der Waals surface area contributed by atoms with E-state index in [0.717, 1.165) is 30.6 Å². The first-order valence-corrected chi connectivity index (χ1v) is 12.9. The lowest BCUT2D eigenvalue weighted by Gasteiger charge is -2.40. The van der Waals surface area contributed by atoms with E-state index < -0.39 is 6.04 Å². The second-order valence-electron chi connectivity index (χ2n) is 10.4. The summed E-state index contributed by atoms with van der Waals surface area (Å²) in [6.45, 7) is 9.36. The third-order valence-corrected chi connectivity index (χ3v) is 7.73. The first kappa shape index (κ1) is 24.2. The summed E-state index contributed by atoms with van der Waals surface area (Å²) in [5.74, 6) is 2.17. The molecule has 198 valence electrons. The van der Waals surface area contributed by atoms with Crippen LogP contribution in [0.15, 0.2) is 47.3 Å². The van der Waals surface area contributed by atoms with E-state index in [9.17, 15) is 9.90 Å². The first-order valence-electron chi connectivity index (χ1n) is 12.9. The molecule has 38 heavy (non-hydrogen) atoms. The van der Waals surface area contributed by atoms with Crippen LogP contribution >= 0.6 is 0 Å². The molecule has 2 aromatic heterocycles. The molecule has 1 fully saturated rings. The summed E-state index contributed by atoms with van der Waals surface area (Å²) >= 11 is 0. The number of rotatable bonds is 6. The molecule has 0 aliphatic carbocycles. The van der Waals surface area contributed by atoms with Crippen LogP contribution < -0.4 is 19.9 Å². The van der Waals surface area contributed by atoms with E-state index in [1.54, 1.807) is 18.2 Å². The summed E-state index contributed by atoms with van der Waals surface area (Å²) in [5, 5.41) is 23.4. The van der Waals surface area contributed by atoms with Gasteiger partial charge < -0.3 is 24.5 Å². The highest BCUT2D eigenvalue weighted by Crippen LogP contribution is 2.37. The number of benzene rings is 2. The minimum atomic E-state index is -0.448. The molecule has 11 heteroatoms. The summed E-state index contributed by atoms with van der Waals surface area (Å²) in [5.41, 5.74) is 1.80. The van der Waals surface area contributed by atoms with E-state index in [1.807, 2.05) is 28.9 Å². The number of nitrogens with one attached hydrogen (secondary N) is 1. The normalized spacial score (nSPS) is 16.8. The van der Waals surface area contributed by atoms with E-state index in [1.165, 1.54) is 0 Å². The summed E-state index contributed by atoms with van der Waals surface area (Å²) < 4.78 is 12.9. The van der Waals surface area contributed by atoms with Gasteiger partial charge in [-0.15, -0.1) is 5.10 Å². The fraction of sp³-hybridized carbons (Fsp3) is 0.407. The van der Waals surface area contributed by atoms with Gasteiger partial charge in [-0.1, -0.05) is 6.92 Å². The third kappa shape index (κ3) is 4.22. The number of pyridine rings is 1. The van der Waals surface area contributed by atoms with Crippen molar-refractivity contribution < 1.29 is 14.6 Å². The Morgan fingerprint density at radius 3 is 2.47 bits per heavy atom. The van der Waals surface area contributed by atoms with Crippen molar-refractivity contribution in [3.05, 3.63) is 64.2 Å². The van der Waals surface area contributed by atoms with Crippen molar-refractivity contribution in [2.24, 2.45) is 0 Å². The topological polar surface area (TPSA) is 122 Å². The quantitative estimate of drug-likeness (QED) is 0.397. The SMILES string of the molecule is CCC(C)(C)n1nnnc1[C@@H](c1cc2cc3c(cc2[nH]c1=O)OCO3)N1CCN(c2ccc(O)cc2)CC1. The number of hydrogen-bond donors (Lipinski definition) is 2. The largest absolute Gasteiger partial charge is 0.508 e. The molecule has 0 unspecified atom stereocenters. The Labute approximate surface area is 219 Å². The number of aromatic nitrogens is 5. The number of aromatic amines is 1. The number of ether oxygens (including phenoxy) is 2. The lowest BCUT2D eigenvalue weighted by molar-refractivity contribution is 0.174. The van der Waals surface area contributed by atoms with E-state index in [-0.39, 0.29) is 23.6 Å². The van der Waals surface area contributed by atoms with Gasteiger partial charge in [0, 0.05) is 48.9 Å². The molecule has 0 spiro atoms. The van der Waals surface area contributed by atoms with Gasteiger partial charge in [0.2, 0.25) is 6.79 Å². The molecular weight excluding hydrogens is 486 g/mol. The minimum absolute atomic E-state index is 0.164. The standard InChI is InChI=1S/C27H31N7O4/c1-4-27(2,3)34-25(29-30-31-34)24(33-11-9-32(10-12-33)18-5-7-19(35)8-6-18)20-13-17-14-22-23(38-16-37-22)15-21(17)28-26(20)36/h5-8,13-15,24,35H,4,9-12,16H2,1-3H3,(H,28,36)/t24-/m1/s1. The van der Waals surface area contributed by atoms with Crippen LogP contribution in [0.4, 0.5) is 5.69 Å². The van der Waals surface area contributed by atoms with Crippen molar-refractivity contribution >= 4 is 16.6 Å². The maximum Gasteiger partial charge on any atom is 0.253 e. The number of phenols is 1. The Bertz CT molecular complexity index is 1520. The van der Waals surface area contributed by atoms with Gasteiger partial charge in [0.1, 0.15) is 11.8 Å². The van der Waals surface area contributed by atoms with Crippen molar-refractivity contribution in [3.8, 4) is 17.2 Å². The van der Waals surface area contributed by atoms with Gasteiger partial charge in [0.15, 0.2) is 17.3 Å². The van der Waals surface area contributed by atoms with Crippen LogP contribution in [0.3, 0.4) is 0 Å². The fourth-order valence-electron chi connectivity index (χ4n) is 5.16. The van der Waals surface area contributed by atoms with Gasteiger partial charge in [-0.25, -0.2) is 4.68 Å². The predicted octanol–water partition coefficient (Wildman–Crippen LogP) is 3.01. The Morgan fingerprint density at radius 1 is 1.05 bits per heavy atom. The second kappa shape index (κ2) is 9.32. The molecule has 11 nitrogen and oxygen atoms in total. The molecule has 6 rings (SSSR count). The fourth-order valence-corrected chi connectivity index (χ4v) is 5.16. The highest BCUT2D eigenvalue weighted by atomic mass is 16.7. The summed E-state index contributed by atoms with van der Waals surface area (Å²) in [7, 11) is 0. The molecule has 0 saturated carbocycles. The Kier molecular flexibility index (Phi) is 5.94. The third-order valence-electron chi connectivity index (χ3n) is 7.73. The number of aromatic hydroxyl groups is 1. The molecule has 4 heterocycles. The number of tetrazole rings is 1. The number of fused-ring (bicyclic) bond motifs is 2. The summed E-state index contributed by atoms with van der Waals surface area (Å²) in [6, 6.07) is 12.4. The van der Waals surface area contributed by atoms with Crippen molar-refractivity contribution in [2.45, 2.75) is 38.8 Å². The van der Waals surface area contributed by atoms with Gasteiger partial charge in [0.25, 0.3) is 5.56 Å². The van der Waals surface area contributed by atoms with Gasteiger partial charge in [-0.3, -0.25) is 9.69 Å². The highest BCUT2D eigenvalue weighted by Gasteiger charge is 2.36. The highest BCUT2D eigenvalue weighted by molar-refractivity contribution is 5.83. The molecule has 2 N–H and O–H groups in total. The molecule has 0 amide bonds. The minimum Gasteiger partial charge on any atom is -0.508 e. The zero-order chi connectivity index (χ0) is 26.4. The average molecular weight is 518 g/mol. The number of anilines is 1. The van der Waals surface area contributed by atoms with E-state index in [0.29, 0.717) is 41.5 Å². The van der Waals surface area contributed by atoms with Crippen LogP contribution in [0.1, 0.15) is 44.6 Å². The average Bonchev–Trinajstić information content (AvgIpc) is 3.59. The molecule has 0 radical (unpaired) electrons. The maximum absolute atomic E-state index is 13.6. The molecule has 1 saturated heterocycles. The molecule has 2 aromatic carbocycles. The summed E-state index contributed by atoms with van der Waals surface area (Å²) in [6.07, 6.45) is 0.823. The van der Waals surface area contributed by atoms with Crippen LogP contribution in [0.5, 0.6) is 17.2 Å². The smallest absolute Gasteiger partial charge is 0.253 e. The van der Waals surface area contributed by atoms with Crippen molar-refractivity contribution in [3.63, 3.8) is 0 Å². The van der Waals surface area contributed by atoms with Crippen LogP contribution in [-0.2, 0) is 5.54 Å². The Morgan fingerprint density at radius 2 is 1.76 bits per heavy atom. The van der Waals surface area contributed by atoms with Gasteiger partial charge in [-0.2, -0.15) is 0 Å². The van der Waals surface area contributed by atoms with Crippen molar-refractivity contribution in [1.82, 2.24) is 30.1 Å². The molecular formula is C27H31N7O4. The number of hydrogen-bond acceptors (Lipinski definition) is 9. The zero-order valence-electron chi connectivity index (χ0n) is 21.7. The van der Waals surface area contributed by atoms with Crippen molar-refractivity contribution in [1.29, 1.82) is 0 Å². The van der Waals surface area contributed by atoms with Gasteiger partial charge >= 0.3 is 0 Å². The maximum atomic E-state index is 13.6. The summed E-state index contributed by atoms with van der Waals surface area (Å²) in [4.78, 5) is 21.2. The molecule has 2 aliphatic heterocycles. The van der Waals surface area contributed by atoms with Gasteiger partial charge in [-0.05, 0) is 67.1 Å². The first-order chi connectivity index (χ1) is 18.3. The van der Waals surface area contributed by atoms with Crippen LogP contribution in [0.2, 0.25) is 0 Å². The van der Waals surface area contributed by atoms with Gasteiger partial charge in [0.05, 0.1) is 11.1 Å². The molecule has 2 aliphatic rings. The lowest BCUT2D eigenvalue weighted by Crippen LogP contribution is -2.49. The Balaban J connectivity index is 1.41. The molecule has 4 aromatic rings. The Hall–Kier alpha value is -4.12. The lowest BCUT2D eigenvalue weighted by atomic mass is 9.98. The predicted molar refractivity (Wildman–Crippen MR) is 142 cm³/mol. The van der Waals surface area contributed by atoms with Crippen LogP contribution in [0, 0.1) is 0 Å². The van der Waals surface area contributed by atoms with E-state index in [4.69, 9.17) is 9.47 Å². The molecule has 0 bridgehead atoms. The monoisotopic (exact) mass is 517 g/mol. The van der Waals surface area contributed by atoms with Crippen molar-refractivity contribution in [2.75, 3.05) is 37.9 Å². The number of nitrogens with zero attached hydrogens (tertiary/aromatic N) is 6. The number of piperazine rings is 1. The molecule has 1 atom stereocenters. The van der Waals surface area contributed by atoms with Crippen LogP contribution in [-0.4, -0.2) is 68.2 Å². The van der Waals surface area contributed by atoms with E-state index >= 15 is 0 Å². The van der Waals surface area contributed by atoms with Crippen LogP contribution in [0.25, 0.3) is 10.9 Å². The second-order valence-corrected chi connectivity index (χ2v) is 10.4.